The van der Waals surface area contributed by atoms with E-state index in [1.165, 1.54) is 6.07 Å². The maximum atomic E-state index is 11.0. The molecule has 5 N–H and O–H groups in total. The molecule has 310 valence electrons. The number of nitro benzene ring substituents is 1. The molecule has 8 aromatic rings. The van der Waals surface area contributed by atoms with Crippen molar-refractivity contribution >= 4 is 45.9 Å². The Morgan fingerprint density at radius 1 is 0.817 bits per heavy atom. The summed E-state index contributed by atoms with van der Waals surface area (Å²) in [5.41, 5.74) is 17.1. The van der Waals surface area contributed by atoms with Crippen molar-refractivity contribution in [2.24, 2.45) is 0 Å². The minimum absolute atomic E-state index is 0.0734. The number of aliphatic carboxylic acids is 1. The van der Waals surface area contributed by atoms with Crippen molar-refractivity contribution in [1.82, 2.24) is 49.9 Å². The number of methoxy groups -OCH3 is 2. The molecule has 0 spiro atoms. The molecule has 0 unspecified atom stereocenters. The first-order chi connectivity index (χ1) is 28.6. The van der Waals surface area contributed by atoms with Gasteiger partial charge in [0.25, 0.3) is 5.69 Å². The fourth-order valence-electron chi connectivity index (χ4n) is 5.62. The third-order valence-electron chi connectivity index (χ3n) is 8.30. The van der Waals surface area contributed by atoms with Crippen molar-refractivity contribution < 1.29 is 46.3 Å². The highest BCUT2D eigenvalue weighted by molar-refractivity contribution is 5.87. The van der Waals surface area contributed by atoms with E-state index in [1.54, 1.807) is 67.1 Å². The van der Waals surface area contributed by atoms with Crippen LogP contribution in [0.15, 0.2) is 75.8 Å². The third kappa shape index (κ3) is 9.17. The Balaban J connectivity index is 0.000000174. The molecule has 6 heterocycles. The lowest BCUT2D eigenvalue weighted by molar-refractivity contribution is -0.385. The normalized spacial score (nSPS) is 11.1. The number of nitro groups is 1. The standard InChI is InChI=1S/C17H15N7O3.C17H16N6O3.C2HF3O2/c1-9-7-11(4-5-12(9)24(25)26)8-23-16-15(21-22-23)14(19-17(18)20-16)13-6-3-10(2)27-13;1-24-11-6-5-10(8-13(11)25-2)9-23-16-15(21-22-23)14(19-17(18)20-16)12-4-3-7-26-12;3-2(4,5)1(6)7/h3-7H,8H2,1-2H3,(H2,18,19,20);3-8H,9H2,1-2H3,(H2,18,19,20);(H,6,7). The zero-order chi connectivity index (χ0) is 43.3. The molecule has 0 atom stereocenters. The van der Waals surface area contributed by atoms with E-state index < -0.39 is 17.1 Å². The lowest BCUT2D eigenvalue weighted by Crippen LogP contribution is -2.21. The van der Waals surface area contributed by atoms with Gasteiger partial charge in [-0.15, -0.1) is 10.2 Å². The second-order valence-electron chi connectivity index (χ2n) is 12.5. The molecule has 0 saturated heterocycles. The first-order valence-corrected chi connectivity index (χ1v) is 17.1. The molecule has 0 radical (unpaired) electrons. The molecule has 6 aromatic heterocycles. The fraction of sp³-hybridized carbons (Fsp3) is 0.194. The van der Waals surface area contributed by atoms with Gasteiger partial charge in [0.05, 0.1) is 38.5 Å². The summed E-state index contributed by atoms with van der Waals surface area (Å²) in [7, 11) is 3.19. The van der Waals surface area contributed by atoms with Crippen molar-refractivity contribution in [2.75, 3.05) is 25.7 Å². The molecule has 8 rings (SSSR count). The van der Waals surface area contributed by atoms with Crippen molar-refractivity contribution in [1.29, 1.82) is 0 Å². The Bertz CT molecular complexity index is 2820. The summed E-state index contributed by atoms with van der Waals surface area (Å²) in [6, 6.07) is 17.7. The molecule has 0 saturated carbocycles. The highest BCUT2D eigenvalue weighted by atomic mass is 19.4. The number of aromatic nitrogens is 10. The summed E-state index contributed by atoms with van der Waals surface area (Å²) in [5.74, 6) is 0.574. The van der Waals surface area contributed by atoms with E-state index in [1.807, 2.05) is 31.2 Å². The number of nitrogens with zero attached hydrogens (tertiary/aromatic N) is 11. The largest absolute Gasteiger partial charge is 0.493 e. The summed E-state index contributed by atoms with van der Waals surface area (Å²) in [6.45, 7) is 4.30. The number of nitrogens with two attached hydrogens (primary N) is 2. The van der Waals surface area contributed by atoms with Gasteiger partial charge in [-0.1, -0.05) is 22.6 Å². The van der Waals surface area contributed by atoms with Crippen LogP contribution >= 0.6 is 0 Å². The Hall–Kier alpha value is -8.18. The number of carboxylic acids is 1. The number of fused-ring (bicyclic) bond motifs is 2. The van der Waals surface area contributed by atoms with Crippen molar-refractivity contribution in [3.05, 3.63) is 99.5 Å². The van der Waals surface area contributed by atoms with Crippen LogP contribution < -0.4 is 20.9 Å². The topological polar surface area (TPSA) is 290 Å². The van der Waals surface area contributed by atoms with E-state index >= 15 is 0 Å². The number of rotatable bonds is 9. The zero-order valence-electron chi connectivity index (χ0n) is 31.8. The molecule has 60 heavy (non-hydrogen) atoms. The number of hydrogen-bond donors (Lipinski definition) is 3. The molecule has 21 nitrogen and oxygen atoms in total. The number of benzene rings is 2. The van der Waals surface area contributed by atoms with E-state index in [0.717, 1.165) is 16.9 Å². The maximum absolute atomic E-state index is 11.0. The van der Waals surface area contributed by atoms with Crippen LogP contribution in [0.2, 0.25) is 0 Å². The number of aryl methyl sites for hydroxylation is 2. The summed E-state index contributed by atoms with van der Waals surface area (Å²) >= 11 is 0. The van der Waals surface area contributed by atoms with Gasteiger partial charge in [-0.05, 0) is 67.4 Å². The van der Waals surface area contributed by atoms with E-state index in [-0.39, 0.29) is 17.6 Å². The predicted octanol–water partition coefficient (Wildman–Crippen LogP) is 5.40. The number of nitrogen functional groups attached to an aromatic ring is 2. The van der Waals surface area contributed by atoms with E-state index in [0.29, 0.717) is 75.4 Å². The van der Waals surface area contributed by atoms with Crippen LogP contribution in [0, 0.1) is 24.0 Å². The van der Waals surface area contributed by atoms with Gasteiger partial charge >= 0.3 is 12.1 Å². The molecule has 24 heteroatoms. The Morgan fingerprint density at radius 2 is 1.37 bits per heavy atom. The van der Waals surface area contributed by atoms with E-state index in [9.17, 15) is 23.3 Å². The van der Waals surface area contributed by atoms with Gasteiger partial charge < -0.3 is 34.9 Å². The highest BCUT2D eigenvalue weighted by Crippen LogP contribution is 2.30. The molecule has 2 aromatic carbocycles. The monoisotopic (exact) mass is 831 g/mol. The lowest BCUT2D eigenvalue weighted by atomic mass is 10.1. The number of carboxylic acid groups (broad SMARTS) is 1. The second-order valence-corrected chi connectivity index (χ2v) is 12.5. The Kier molecular flexibility index (Phi) is 11.8. The number of halogens is 3. The van der Waals surface area contributed by atoms with Crippen molar-refractivity contribution in [3.63, 3.8) is 0 Å². The van der Waals surface area contributed by atoms with Gasteiger partial charge in [0, 0.05) is 11.6 Å². The van der Waals surface area contributed by atoms with Gasteiger partial charge in [0.2, 0.25) is 11.9 Å². The van der Waals surface area contributed by atoms with Gasteiger partial charge in [-0.3, -0.25) is 10.1 Å². The SMILES string of the molecule is COc1ccc(Cn2nnc3c(-c4ccco4)nc(N)nc32)cc1OC.Cc1ccc(-c2nc(N)nc3c2nnn3Cc2ccc([N+](=O)[O-])c(C)c2)o1.O=C(O)C(F)(F)F. The lowest BCUT2D eigenvalue weighted by Gasteiger charge is -2.09. The fourth-order valence-corrected chi connectivity index (χ4v) is 5.62. The minimum Gasteiger partial charge on any atom is -0.493 e. The van der Waals surface area contributed by atoms with E-state index in [2.05, 4.69) is 40.6 Å². The number of alkyl halides is 3. The Labute approximate surface area is 334 Å². The molecule has 0 aliphatic carbocycles. The van der Waals surface area contributed by atoms with Crippen molar-refractivity contribution in [2.45, 2.75) is 33.1 Å². The van der Waals surface area contributed by atoms with Crippen LogP contribution in [0.3, 0.4) is 0 Å². The molecular formula is C36H32F3N13O8. The minimum atomic E-state index is -5.08. The first kappa shape index (κ1) is 41.5. The number of ether oxygens (including phenoxy) is 2. The quantitative estimate of drug-likeness (QED) is 0.121. The summed E-state index contributed by atoms with van der Waals surface area (Å²) in [6.07, 6.45) is -3.52. The zero-order valence-corrected chi connectivity index (χ0v) is 31.8. The van der Waals surface area contributed by atoms with Crippen LogP contribution in [0.1, 0.15) is 22.5 Å². The summed E-state index contributed by atoms with van der Waals surface area (Å²) in [4.78, 5) is 36.5. The molecule has 0 fully saturated rings. The van der Waals surface area contributed by atoms with Crippen LogP contribution in [0.25, 0.3) is 45.2 Å². The summed E-state index contributed by atoms with van der Waals surface area (Å²) in [5, 5.41) is 34.8. The predicted molar refractivity (Wildman–Crippen MR) is 204 cm³/mol. The first-order valence-electron chi connectivity index (χ1n) is 17.1. The van der Waals surface area contributed by atoms with E-state index in [4.69, 9.17) is 39.7 Å². The average Bonchev–Trinajstić information content (AvgIpc) is 4.03. The van der Waals surface area contributed by atoms with Gasteiger partial charge in [-0.2, -0.15) is 23.1 Å². The number of furan rings is 2. The van der Waals surface area contributed by atoms with Gasteiger partial charge in [-0.25, -0.2) is 24.1 Å². The van der Waals surface area contributed by atoms with Crippen molar-refractivity contribution in [3.8, 4) is 34.4 Å². The van der Waals surface area contributed by atoms with Crippen LogP contribution in [0.5, 0.6) is 11.5 Å². The molecule has 0 bridgehead atoms. The average molecular weight is 832 g/mol. The van der Waals surface area contributed by atoms with Crippen LogP contribution in [-0.4, -0.2) is 86.3 Å². The van der Waals surface area contributed by atoms with Crippen LogP contribution in [-0.2, 0) is 17.9 Å². The third-order valence-corrected chi connectivity index (χ3v) is 8.30. The molecule has 0 amide bonds. The smallest absolute Gasteiger partial charge is 0.490 e. The van der Waals surface area contributed by atoms with Gasteiger partial charge in [0.15, 0.2) is 45.3 Å². The Morgan fingerprint density at radius 3 is 1.83 bits per heavy atom. The molecular weight excluding hydrogens is 799 g/mol. The second kappa shape index (κ2) is 17.1. The molecule has 0 aliphatic rings. The number of anilines is 2. The van der Waals surface area contributed by atoms with Crippen LogP contribution in [0.4, 0.5) is 30.8 Å². The maximum Gasteiger partial charge on any atom is 0.490 e. The number of carbonyl (C=O) groups is 1. The summed E-state index contributed by atoms with van der Waals surface area (Å²) < 4.78 is 56.6. The van der Waals surface area contributed by atoms with Gasteiger partial charge in [0.1, 0.15) is 17.1 Å². The number of hydrogen-bond acceptors (Lipinski definition) is 17. The highest BCUT2D eigenvalue weighted by Gasteiger charge is 2.38. The molecule has 0 aliphatic heterocycles.